The van der Waals surface area contributed by atoms with Crippen LogP contribution in [0, 0.1) is 17.0 Å². The summed E-state index contributed by atoms with van der Waals surface area (Å²) in [7, 11) is 0. The number of nitro groups is 1. The lowest BCUT2D eigenvalue weighted by molar-refractivity contribution is -0.385. The van der Waals surface area contributed by atoms with Gasteiger partial charge in [0.1, 0.15) is 0 Å². The fraction of sp³-hybridized carbons (Fsp3) is 0.111. The van der Waals surface area contributed by atoms with E-state index >= 15 is 0 Å². The van der Waals surface area contributed by atoms with Crippen LogP contribution in [0.5, 0.6) is 0 Å². The van der Waals surface area contributed by atoms with Crippen LogP contribution in [-0.4, -0.2) is 23.4 Å². The molecule has 7 nitrogen and oxygen atoms in total. The number of hydrogen-bond acceptors (Lipinski definition) is 5. The van der Waals surface area contributed by atoms with Crippen molar-refractivity contribution >= 4 is 45.3 Å². The molecule has 134 valence electrons. The maximum absolute atomic E-state index is 11.9. The second-order valence-corrected chi connectivity index (χ2v) is 6.16. The van der Waals surface area contributed by atoms with Gasteiger partial charge in [-0.3, -0.25) is 14.9 Å². The Morgan fingerprint density at radius 3 is 2.58 bits per heavy atom. The molecular weight excluding hydrogens is 404 g/mol. The molecular formula is C18H15BrN2O5. The molecule has 1 N–H and O–H groups in total. The number of anilines is 1. The molecule has 0 atom stereocenters. The highest BCUT2D eigenvalue weighted by molar-refractivity contribution is 9.10. The Morgan fingerprint density at radius 2 is 1.92 bits per heavy atom. The number of carbonyl (C=O) groups excluding carboxylic acids is 2. The van der Waals surface area contributed by atoms with E-state index in [0.717, 1.165) is 10.0 Å². The third-order valence-corrected chi connectivity index (χ3v) is 3.93. The zero-order valence-electron chi connectivity index (χ0n) is 13.8. The molecule has 0 heterocycles. The molecule has 0 spiro atoms. The number of carbonyl (C=O) groups is 2. The van der Waals surface area contributed by atoms with E-state index in [2.05, 4.69) is 21.2 Å². The molecule has 0 bridgehead atoms. The number of benzene rings is 2. The lowest BCUT2D eigenvalue weighted by Gasteiger charge is -2.08. The van der Waals surface area contributed by atoms with Gasteiger partial charge in [0, 0.05) is 16.6 Å². The summed E-state index contributed by atoms with van der Waals surface area (Å²) >= 11 is 3.31. The maximum Gasteiger partial charge on any atom is 0.331 e. The van der Waals surface area contributed by atoms with Crippen molar-refractivity contribution in [1.29, 1.82) is 0 Å². The molecule has 0 unspecified atom stereocenters. The predicted molar refractivity (Wildman–Crippen MR) is 101 cm³/mol. The number of amides is 1. The third-order valence-electron chi connectivity index (χ3n) is 3.40. The highest BCUT2D eigenvalue weighted by Crippen LogP contribution is 2.24. The van der Waals surface area contributed by atoms with E-state index in [-0.39, 0.29) is 5.69 Å². The van der Waals surface area contributed by atoms with E-state index in [0.29, 0.717) is 11.3 Å². The zero-order chi connectivity index (χ0) is 19.1. The topological polar surface area (TPSA) is 98.5 Å². The van der Waals surface area contributed by atoms with Crippen LogP contribution in [-0.2, 0) is 14.3 Å². The molecule has 8 heteroatoms. The first-order valence-electron chi connectivity index (χ1n) is 7.51. The smallest absolute Gasteiger partial charge is 0.331 e. The predicted octanol–water partition coefficient (Wildman–Crippen LogP) is 3.86. The summed E-state index contributed by atoms with van der Waals surface area (Å²) in [6, 6.07) is 11.6. The SMILES string of the molecule is Cc1c(NC(=O)COC(=O)/C=C/c2ccc(Br)cc2)cccc1[N+](=O)[O-]. The molecule has 0 aliphatic heterocycles. The first-order valence-corrected chi connectivity index (χ1v) is 8.30. The van der Waals surface area contributed by atoms with Crippen LogP contribution >= 0.6 is 15.9 Å². The summed E-state index contributed by atoms with van der Waals surface area (Å²) in [6.07, 6.45) is 2.78. The molecule has 0 saturated carbocycles. The van der Waals surface area contributed by atoms with Crippen LogP contribution < -0.4 is 5.32 Å². The van der Waals surface area contributed by atoms with E-state index in [1.165, 1.54) is 31.2 Å². The van der Waals surface area contributed by atoms with E-state index < -0.39 is 23.4 Å². The van der Waals surface area contributed by atoms with Crippen molar-refractivity contribution in [2.45, 2.75) is 6.92 Å². The van der Waals surface area contributed by atoms with Crippen molar-refractivity contribution in [1.82, 2.24) is 0 Å². The number of nitrogens with one attached hydrogen (secondary N) is 1. The second-order valence-electron chi connectivity index (χ2n) is 5.25. The van der Waals surface area contributed by atoms with Crippen LogP contribution in [0.3, 0.4) is 0 Å². The second kappa shape index (κ2) is 8.91. The van der Waals surface area contributed by atoms with Crippen molar-refractivity contribution in [2.75, 3.05) is 11.9 Å². The Morgan fingerprint density at radius 1 is 1.23 bits per heavy atom. The van der Waals surface area contributed by atoms with E-state index in [1.807, 2.05) is 24.3 Å². The quantitative estimate of drug-likeness (QED) is 0.332. The molecule has 2 aromatic rings. The number of nitrogens with zero attached hydrogens (tertiary/aromatic N) is 1. The Kier molecular flexibility index (Phi) is 6.62. The summed E-state index contributed by atoms with van der Waals surface area (Å²) < 4.78 is 5.78. The molecule has 0 saturated heterocycles. The van der Waals surface area contributed by atoms with E-state index in [1.54, 1.807) is 6.08 Å². The zero-order valence-corrected chi connectivity index (χ0v) is 15.4. The van der Waals surface area contributed by atoms with Gasteiger partial charge in [-0.25, -0.2) is 4.79 Å². The number of nitro benzene ring substituents is 1. The number of rotatable bonds is 6. The largest absolute Gasteiger partial charge is 0.452 e. The normalized spacial score (nSPS) is 10.5. The summed E-state index contributed by atoms with van der Waals surface area (Å²) in [5, 5.41) is 13.4. The summed E-state index contributed by atoms with van der Waals surface area (Å²) in [5.41, 5.74) is 1.33. The van der Waals surface area contributed by atoms with Crippen LogP contribution in [0.1, 0.15) is 11.1 Å². The first kappa shape index (κ1) is 19.3. The van der Waals surface area contributed by atoms with E-state index in [9.17, 15) is 19.7 Å². The highest BCUT2D eigenvalue weighted by atomic mass is 79.9. The van der Waals surface area contributed by atoms with Gasteiger partial charge in [-0.2, -0.15) is 0 Å². The minimum Gasteiger partial charge on any atom is -0.452 e. The van der Waals surface area contributed by atoms with Crippen molar-refractivity contribution in [2.24, 2.45) is 0 Å². The lowest BCUT2D eigenvalue weighted by Crippen LogP contribution is -2.20. The van der Waals surface area contributed by atoms with Crippen molar-refractivity contribution in [3.63, 3.8) is 0 Å². The fourth-order valence-electron chi connectivity index (χ4n) is 2.07. The number of esters is 1. The molecule has 26 heavy (non-hydrogen) atoms. The van der Waals surface area contributed by atoms with E-state index in [4.69, 9.17) is 4.74 Å². The molecule has 0 aromatic heterocycles. The minimum atomic E-state index is -0.668. The first-order chi connectivity index (χ1) is 12.4. The molecule has 0 fully saturated rings. The highest BCUT2D eigenvalue weighted by Gasteiger charge is 2.15. The van der Waals surface area contributed by atoms with Gasteiger partial charge in [0.05, 0.1) is 16.2 Å². The van der Waals surface area contributed by atoms with Gasteiger partial charge < -0.3 is 10.1 Å². The van der Waals surface area contributed by atoms with Crippen molar-refractivity contribution in [3.05, 3.63) is 74.3 Å². The van der Waals surface area contributed by atoms with Gasteiger partial charge in [0.25, 0.3) is 11.6 Å². The van der Waals surface area contributed by atoms with Crippen molar-refractivity contribution < 1.29 is 19.2 Å². The molecule has 2 aromatic carbocycles. The Labute approximate surface area is 157 Å². The van der Waals surface area contributed by atoms with Gasteiger partial charge in [0.2, 0.25) is 0 Å². The summed E-state index contributed by atoms with van der Waals surface area (Å²) in [6.45, 7) is 1.03. The van der Waals surface area contributed by atoms with Crippen molar-refractivity contribution in [3.8, 4) is 0 Å². The average Bonchev–Trinajstić information content (AvgIpc) is 2.61. The molecule has 1 amide bonds. The third kappa shape index (κ3) is 5.52. The Balaban J connectivity index is 1.88. The van der Waals surface area contributed by atoms with Crippen LogP contribution in [0.15, 0.2) is 53.0 Å². The van der Waals surface area contributed by atoms with Crippen LogP contribution in [0.25, 0.3) is 6.08 Å². The van der Waals surface area contributed by atoms with Gasteiger partial charge in [-0.05, 0) is 36.8 Å². The summed E-state index contributed by atoms with van der Waals surface area (Å²) in [5.74, 6) is -1.25. The molecule has 0 aliphatic carbocycles. The van der Waals surface area contributed by atoms with Crippen LogP contribution in [0.2, 0.25) is 0 Å². The van der Waals surface area contributed by atoms with Gasteiger partial charge >= 0.3 is 5.97 Å². The molecule has 2 rings (SSSR count). The lowest BCUT2D eigenvalue weighted by atomic mass is 10.1. The van der Waals surface area contributed by atoms with Gasteiger partial charge in [0.15, 0.2) is 6.61 Å². The number of ether oxygens (including phenoxy) is 1. The van der Waals surface area contributed by atoms with Gasteiger partial charge in [-0.1, -0.05) is 34.1 Å². The Bertz CT molecular complexity index is 862. The average molecular weight is 419 g/mol. The number of halogens is 1. The minimum absolute atomic E-state index is 0.0998. The maximum atomic E-state index is 11.9. The van der Waals surface area contributed by atoms with Gasteiger partial charge in [-0.15, -0.1) is 0 Å². The monoisotopic (exact) mass is 418 g/mol. The molecule has 0 radical (unpaired) electrons. The standard InChI is InChI=1S/C18H15BrN2O5/c1-12-15(3-2-4-16(12)21(24)25)20-17(22)11-26-18(23)10-7-13-5-8-14(19)9-6-13/h2-10H,11H2,1H3,(H,20,22)/b10-7+. The summed E-state index contributed by atoms with van der Waals surface area (Å²) in [4.78, 5) is 33.9. The fourth-order valence-corrected chi connectivity index (χ4v) is 2.33. The number of hydrogen-bond donors (Lipinski definition) is 1. The van der Waals surface area contributed by atoms with Crippen LogP contribution in [0.4, 0.5) is 11.4 Å². The Hall–Kier alpha value is -3.00. The molecule has 0 aliphatic rings.